The molecule has 0 aliphatic rings. The molecule has 1 rings (SSSR count). The van der Waals surface area contributed by atoms with Crippen LogP contribution in [0.25, 0.3) is 0 Å². The number of carbonyl (C=O) groups is 2. The van der Waals surface area contributed by atoms with Crippen LogP contribution < -0.4 is 0 Å². The van der Waals surface area contributed by atoms with Crippen LogP contribution in [0.2, 0.25) is 0 Å². The maximum absolute atomic E-state index is 11.7. The first kappa shape index (κ1) is 19.5. The molecule has 0 saturated heterocycles. The van der Waals surface area contributed by atoms with Gasteiger partial charge in [-0.3, -0.25) is 4.79 Å². The van der Waals surface area contributed by atoms with Crippen LogP contribution in [-0.4, -0.2) is 41.0 Å². The molecule has 0 amide bonds. The van der Waals surface area contributed by atoms with Crippen LogP contribution in [0.1, 0.15) is 30.1 Å². The van der Waals surface area contributed by atoms with E-state index in [9.17, 15) is 14.7 Å². The lowest BCUT2D eigenvalue weighted by molar-refractivity contribution is -0.191. The van der Waals surface area contributed by atoms with Gasteiger partial charge in [0.1, 0.15) is 0 Å². The van der Waals surface area contributed by atoms with E-state index >= 15 is 0 Å². The van der Waals surface area contributed by atoms with Gasteiger partial charge in [-0.25, -0.2) is 4.79 Å². The molecular formula is C15H18O7. The van der Waals surface area contributed by atoms with E-state index in [1.807, 2.05) is 0 Å². The summed E-state index contributed by atoms with van der Waals surface area (Å²) < 4.78 is 5.09. The quantitative estimate of drug-likeness (QED) is 0.724. The molecule has 2 N–H and O–H groups in total. The Morgan fingerprint density at radius 3 is 2.23 bits per heavy atom. The minimum Gasteiger partial charge on any atom is -0.481 e. The van der Waals surface area contributed by atoms with Gasteiger partial charge in [-0.15, -0.1) is 0 Å². The fourth-order valence-corrected chi connectivity index (χ4v) is 1.61. The van der Waals surface area contributed by atoms with E-state index in [0.717, 1.165) is 0 Å². The number of esters is 1. The Labute approximate surface area is 127 Å². The molecule has 0 bridgehead atoms. The van der Waals surface area contributed by atoms with Crippen molar-refractivity contribution in [1.82, 2.24) is 0 Å². The van der Waals surface area contributed by atoms with Crippen LogP contribution in [0.4, 0.5) is 0 Å². The molecule has 0 aromatic heterocycles. The van der Waals surface area contributed by atoms with Crippen molar-refractivity contribution in [2.24, 2.45) is 5.92 Å². The van der Waals surface area contributed by atoms with Crippen molar-refractivity contribution in [2.75, 3.05) is 6.61 Å². The summed E-state index contributed by atoms with van der Waals surface area (Å²) >= 11 is 0. The molecule has 7 heteroatoms. The van der Waals surface area contributed by atoms with E-state index in [0.29, 0.717) is 5.56 Å². The monoisotopic (exact) mass is 310 g/mol. The molecule has 1 aromatic carbocycles. The SMILES string of the molecule is CC(O)C(CCC(=O)O)COC(=O)c1ccccc1.O=C=O. The smallest absolute Gasteiger partial charge is 0.373 e. The van der Waals surface area contributed by atoms with Crippen LogP contribution in [0.15, 0.2) is 30.3 Å². The average Bonchev–Trinajstić information content (AvgIpc) is 2.48. The fraction of sp³-hybridized carbons (Fsp3) is 0.400. The summed E-state index contributed by atoms with van der Waals surface area (Å²) in [6.07, 6.45) is -0.254. The Bertz CT molecular complexity index is 490. The number of ether oxygens (including phenoxy) is 1. The minimum atomic E-state index is -0.931. The predicted molar refractivity (Wildman–Crippen MR) is 73.8 cm³/mol. The molecular weight excluding hydrogens is 292 g/mol. The lowest BCUT2D eigenvalue weighted by Crippen LogP contribution is -2.24. The fourth-order valence-electron chi connectivity index (χ4n) is 1.61. The van der Waals surface area contributed by atoms with Crippen molar-refractivity contribution in [3.05, 3.63) is 35.9 Å². The summed E-state index contributed by atoms with van der Waals surface area (Å²) in [5, 5.41) is 18.1. The second kappa shape index (κ2) is 11.2. The van der Waals surface area contributed by atoms with E-state index in [1.165, 1.54) is 0 Å². The van der Waals surface area contributed by atoms with Gasteiger partial charge in [-0.2, -0.15) is 9.59 Å². The molecule has 0 saturated carbocycles. The number of aliphatic hydroxyl groups excluding tert-OH is 1. The van der Waals surface area contributed by atoms with Crippen molar-refractivity contribution in [3.63, 3.8) is 0 Å². The third kappa shape index (κ3) is 8.63. The second-order valence-electron chi connectivity index (χ2n) is 4.48. The van der Waals surface area contributed by atoms with Gasteiger partial charge in [0.25, 0.3) is 0 Å². The number of benzene rings is 1. The lowest BCUT2D eigenvalue weighted by Gasteiger charge is -2.18. The van der Waals surface area contributed by atoms with Crippen LogP contribution >= 0.6 is 0 Å². The van der Waals surface area contributed by atoms with Crippen molar-refractivity contribution >= 4 is 18.1 Å². The Morgan fingerprint density at radius 1 is 1.23 bits per heavy atom. The van der Waals surface area contributed by atoms with Crippen molar-refractivity contribution in [2.45, 2.75) is 25.9 Å². The standard InChI is InChI=1S/C14H18O5.CO2/c1-10(15)12(7-8-13(16)17)9-19-14(18)11-5-3-2-4-6-11;2-1-3/h2-6,10,12,15H,7-9H2,1H3,(H,16,17);. The maximum atomic E-state index is 11.7. The van der Waals surface area contributed by atoms with Crippen LogP contribution in [0.5, 0.6) is 0 Å². The van der Waals surface area contributed by atoms with Gasteiger partial charge in [-0.05, 0) is 25.5 Å². The zero-order valence-electron chi connectivity index (χ0n) is 12.1. The third-order valence-corrected chi connectivity index (χ3v) is 2.85. The number of hydrogen-bond donors (Lipinski definition) is 2. The zero-order chi connectivity index (χ0) is 17.0. The molecule has 22 heavy (non-hydrogen) atoms. The topological polar surface area (TPSA) is 118 Å². The van der Waals surface area contributed by atoms with Gasteiger partial charge in [0.2, 0.25) is 0 Å². The highest BCUT2D eigenvalue weighted by atomic mass is 16.5. The zero-order valence-corrected chi connectivity index (χ0v) is 12.1. The maximum Gasteiger partial charge on any atom is 0.373 e. The predicted octanol–water partition coefficient (Wildman–Crippen LogP) is 1.12. The second-order valence-corrected chi connectivity index (χ2v) is 4.48. The van der Waals surface area contributed by atoms with Crippen molar-refractivity contribution in [3.8, 4) is 0 Å². The lowest BCUT2D eigenvalue weighted by atomic mass is 9.99. The van der Waals surface area contributed by atoms with Crippen LogP contribution in [0, 0.1) is 5.92 Å². The van der Waals surface area contributed by atoms with E-state index < -0.39 is 18.0 Å². The van der Waals surface area contributed by atoms with E-state index in [1.54, 1.807) is 37.3 Å². The first-order valence-electron chi connectivity index (χ1n) is 6.53. The number of carboxylic acids is 1. The molecule has 0 aliphatic heterocycles. The molecule has 0 aliphatic carbocycles. The largest absolute Gasteiger partial charge is 0.481 e. The Kier molecular flexibility index (Phi) is 9.92. The molecule has 0 fully saturated rings. The van der Waals surface area contributed by atoms with Crippen LogP contribution in [0.3, 0.4) is 0 Å². The van der Waals surface area contributed by atoms with Gasteiger partial charge in [0, 0.05) is 12.3 Å². The summed E-state index contributed by atoms with van der Waals surface area (Å²) in [4.78, 5) is 38.4. The third-order valence-electron chi connectivity index (χ3n) is 2.85. The van der Waals surface area contributed by atoms with Crippen LogP contribution in [-0.2, 0) is 19.1 Å². The van der Waals surface area contributed by atoms with Gasteiger partial charge in [-0.1, -0.05) is 18.2 Å². The summed E-state index contributed by atoms with van der Waals surface area (Å²) in [6.45, 7) is 1.57. The molecule has 7 nitrogen and oxygen atoms in total. The van der Waals surface area contributed by atoms with Gasteiger partial charge in [0.05, 0.1) is 18.3 Å². The van der Waals surface area contributed by atoms with E-state index in [4.69, 9.17) is 19.4 Å². The Morgan fingerprint density at radius 2 is 1.77 bits per heavy atom. The highest BCUT2D eigenvalue weighted by Crippen LogP contribution is 2.13. The molecule has 0 heterocycles. The highest BCUT2D eigenvalue weighted by molar-refractivity contribution is 5.89. The highest BCUT2D eigenvalue weighted by Gasteiger charge is 2.19. The Balaban J connectivity index is 0.00000135. The molecule has 0 spiro atoms. The number of hydrogen-bond acceptors (Lipinski definition) is 6. The normalized spacial score (nSPS) is 12.1. The van der Waals surface area contributed by atoms with E-state index in [2.05, 4.69) is 0 Å². The first-order chi connectivity index (χ1) is 10.4. The Hall–Kier alpha value is -2.50. The van der Waals surface area contributed by atoms with E-state index in [-0.39, 0.29) is 31.5 Å². The number of rotatable bonds is 7. The summed E-state index contributed by atoms with van der Waals surface area (Å²) in [5.74, 6) is -1.77. The summed E-state index contributed by atoms with van der Waals surface area (Å²) in [7, 11) is 0. The summed E-state index contributed by atoms with van der Waals surface area (Å²) in [6, 6.07) is 8.52. The first-order valence-corrected chi connectivity index (χ1v) is 6.53. The molecule has 120 valence electrons. The number of carbonyl (C=O) groups excluding carboxylic acids is 3. The average molecular weight is 310 g/mol. The molecule has 2 unspecified atom stereocenters. The number of aliphatic carboxylic acids is 1. The molecule has 0 radical (unpaired) electrons. The van der Waals surface area contributed by atoms with Crippen molar-refractivity contribution < 1.29 is 34.1 Å². The number of carboxylic acid groups (broad SMARTS) is 1. The minimum absolute atomic E-state index is 0.0126. The van der Waals surface area contributed by atoms with Gasteiger partial charge >= 0.3 is 18.1 Å². The number of aliphatic hydroxyl groups is 1. The van der Waals surface area contributed by atoms with Crippen molar-refractivity contribution in [1.29, 1.82) is 0 Å². The molecule has 2 atom stereocenters. The van der Waals surface area contributed by atoms with Gasteiger partial charge < -0.3 is 14.9 Å². The molecule has 1 aromatic rings. The summed E-state index contributed by atoms with van der Waals surface area (Å²) in [5.41, 5.74) is 0.435. The van der Waals surface area contributed by atoms with Gasteiger partial charge in [0.15, 0.2) is 0 Å².